The number of amides is 1. The van der Waals surface area contributed by atoms with Crippen LogP contribution in [-0.2, 0) is 4.79 Å². The first kappa shape index (κ1) is 17.6. The summed E-state index contributed by atoms with van der Waals surface area (Å²) in [6.45, 7) is 5.91. The van der Waals surface area contributed by atoms with Crippen molar-refractivity contribution in [3.63, 3.8) is 0 Å². The van der Waals surface area contributed by atoms with Gasteiger partial charge in [0.25, 0.3) is 0 Å². The first-order valence-corrected chi connectivity index (χ1v) is 10.3. The van der Waals surface area contributed by atoms with Crippen LogP contribution >= 0.6 is 11.3 Å². The highest BCUT2D eigenvalue weighted by atomic mass is 32.1. The van der Waals surface area contributed by atoms with E-state index in [0.717, 1.165) is 35.8 Å². The summed E-state index contributed by atoms with van der Waals surface area (Å²) in [4.78, 5) is 14.6. The number of carbonyl (C=O) groups excluding carboxylic acids is 1. The predicted octanol–water partition coefficient (Wildman–Crippen LogP) is 3.69. The van der Waals surface area contributed by atoms with Crippen molar-refractivity contribution < 1.29 is 9.32 Å². The van der Waals surface area contributed by atoms with Crippen LogP contribution in [0, 0.1) is 0 Å². The molecule has 0 bridgehead atoms. The molecule has 7 nitrogen and oxygen atoms in total. The summed E-state index contributed by atoms with van der Waals surface area (Å²) in [5.74, 6) is 1.83. The van der Waals surface area contributed by atoms with Gasteiger partial charge < -0.3 is 9.84 Å². The molecule has 1 N–H and O–H groups in total. The lowest BCUT2D eigenvalue weighted by atomic mass is 10.1. The Balaban J connectivity index is 1.30. The minimum absolute atomic E-state index is 0.00262. The van der Waals surface area contributed by atoms with Gasteiger partial charge in [0.1, 0.15) is 16.5 Å². The first-order valence-electron chi connectivity index (χ1n) is 9.44. The highest BCUT2D eigenvalue weighted by Gasteiger charge is 2.30. The number of rotatable bonds is 7. The fourth-order valence-corrected chi connectivity index (χ4v) is 4.30. The minimum atomic E-state index is -0.00262. The smallest absolute Gasteiger partial charge is 0.227 e. The largest absolute Gasteiger partial charge is 0.361 e. The van der Waals surface area contributed by atoms with Gasteiger partial charge in [0.2, 0.25) is 11.0 Å². The van der Waals surface area contributed by atoms with Crippen LogP contribution in [0.3, 0.4) is 0 Å². The van der Waals surface area contributed by atoms with Crippen molar-refractivity contribution in [3.8, 4) is 0 Å². The maximum atomic E-state index is 12.3. The highest BCUT2D eigenvalue weighted by Crippen LogP contribution is 2.42. The monoisotopic (exact) mass is 375 g/mol. The zero-order valence-corrected chi connectivity index (χ0v) is 16.1. The van der Waals surface area contributed by atoms with Crippen LogP contribution in [0.25, 0.3) is 0 Å². The molecule has 26 heavy (non-hydrogen) atoms. The van der Waals surface area contributed by atoms with E-state index in [1.54, 1.807) is 0 Å². The average Bonchev–Trinajstić information content (AvgIpc) is 3.04. The van der Waals surface area contributed by atoms with E-state index in [4.69, 9.17) is 4.52 Å². The molecule has 3 heterocycles. The number of hydrogen-bond acceptors (Lipinski definition) is 7. The summed E-state index contributed by atoms with van der Waals surface area (Å²) in [6.07, 6.45) is 5.02. The van der Waals surface area contributed by atoms with E-state index in [9.17, 15) is 4.79 Å². The van der Waals surface area contributed by atoms with E-state index < -0.39 is 0 Å². The molecule has 0 radical (unpaired) electrons. The van der Waals surface area contributed by atoms with Gasteiger partial charge in [0.15, 0.2) is 0 Å². The fourth-order valence-electron chi connectivity index (χ4n) is 3.37. The number of hydrogen-bond donors (Lipinski definition) is 1. The second-order valence-electron chi connectivity index (χ2n) is 7.52. The number of carbonyl (C=O) groups is 1. The Kier molecular flexibility index (Phi) is 5.04. The van der Waals surface area contributed by atoms with Gasteiger partial charge in [0, 0.05) is 30.9 Å². The Labute approximate surface area is 157 Å². The third-order valence-corrected chi connectivity index (χ3v) is 6.06. The van der Waals surface area contributed by atoms with Gasteiger partial charge in [-0.2, -0.15) is 0 Å². The topological polar surface area (TPSA) is 84.2 Å². The van der Waals surface area contributed by atoms with Gasteiger partial charge in [-0.05, 0) is 32.2 Å². The van der Waals surface area contributed by atoms with Gasteiger partial charge in [-0.15, -0.1) is 10.2 Å². The van der Waals surface area contributed by atoms with Crippen molar-refractivity contribution in [1.29, 1.82) is 0 Å². The van der Waals surface area contributed by atoms with E-state index in [0.29, 0.717) is 29.9 Å². The molecule has 140 valence electrons. The van der Waals surface area contributed by atoms with Crippen molar-refractivity contribution in [2.24, 2.45) is 0 Å². The molecule has 4 rings (SSSR count). The van der Waals surface area contributed by atoms with Crippen LogP contribution in [0.1, 0.15) is 80.3 Å². The summed E-state index contributed by atoms with van der Waals surface area (Å²) in [7, 11) is 0. The quantitative estimate of drug-likeness (QED) is 0.794. The van der Waals surface area contributed by atoms with Crippen LogP contribution in [-0.4, -0.2) is 39.3 Å². The van der Waals surface area contributed by atoms with Crippen molar-refractivity contribution in [3.05, 3.63) is 22.5 Å². The molecule has 1 atom stereocenters. The summed E-state index contributed by atoms with van der Waals surface area (Å²) in [5.41, 5.74) is 0.991. The Morgan fingerprint density at radius 3 is 2.96 bits per heavy atom. The third kappa shape index (κ3) is 3.96. The van der Waals surface area contributed by atoms with E-state index in [1.807, 2.05) is 0 Å². The molecule has 1 amide bonds. The molecule has 1 saturated carbocycles. The lowest BCUT2D eigenvalue weighted by Crippen LogP contribution is -2.27. The Bertz CT molecular complexity index is 767. The SMILES string of the molecule is CC(C)c1cc(C2CCCN2CCC(=O)Nc2nnc(C3CC3)s2)no1. The maximum absolute atomic E-state index is 12.3. The molecular formula is C18H25N5O2S. The van der Waals surface area contributed by atoms with Crippen LogP contribution in [0.5, 0.6) is 0 Å². The number of nitrogens with zero attached hydrogens (tertiary/aromatic N) is 4. The molecule has 2 aromatic heterocycles. The van der Waals surface area contributed by atoms with Gasteiger partial charge in [-0.3, -0.25) is 9.69 Å². The number of likely N-dealkylation sites (tertiary alicyclic amines) is 1. The lowest BCUT2D eigenvalue weighted by Gasteiger charge is -2.22. The molecule has 0 aromatic carbocycles. The standard InChI is InChI=1S/C18H25N5O2S/c1-11(2)15-10-13(22-25-15)14-4-3-8-23(14)9-7-16(24)19-18-21-20-17(26-18)12-5-6-12/h10-12,14H,3-9H2,1-2H3,(H,19,21,24). The summed E-state index contributed by atoms with van der Waals surface area (Å²) in [6, 6.07) is 2.32. The van der Waals surface area contributed by atoms with Gasteiger partial charge >= 0.3 is 0 Å². The van der Waals surface area contributed by atoms with E-state index in [1.165, 1.54) is 24.2 Å². The third-order valence-electron chi connectivity index (χ3n) is 5.06. The predicted molar refractivity (Wildman–Crippen MR) is 99.3 cm³/mol. The molecule has 2 fully saturated rings. The van der Waals surface area contributed by atoms with Gasteiger partial charge in [-0.25, -0.2) is 0 Å². The summed E-state index contributed by atoms with van der Waals surface area (Å²) < 4.78 is 5.45. The first-order chi connectivity index (χ1) is 12.6. The highest BCUT2D eigenvalue weighted by molar-refractivity contribution is 7.15. The molecule has 0 spiro atoms. The Morgan fingerprint density at radius 1 is 1.38 bits per heavy atom. The second kappa shape index (κ2) is 7.44. The minimum Gasteiger partial charge on any atom is -0.361 e. The van der Waals surface area contributed by atoms with Crippen molar-refractivity contribution in [1.82, 2.24) is 20.3 Å². The normalized spacial score (nSPS) is 20.8. The fraction of sp³-hybridized carbons (Fsp3) is 0.667. The van der Waals surface area contributed by atoms with Crippen LogP contribution < -0.4 is 5.32 Å². The van der Waals surface area contributed by atoms with Crippen molar-refractivity contribution >= 4 is 22.4 Å². The van der Waals surface area contributed by atoms with E-state index >= 15 is 0 Å². The van der Waals surface area contributed by atoms with Crippen molar-refractivity contribution in [2.75, 3.05) is 18.4 Å². The number of aromatic nitrogens is 3. The van der Waals surface area contributed by atoms with Crippen LogP contribution in [0.15, 0.2) is 10.6 Å². The number of anilines is 1. The molecule has 2 aliphatic rings. The maximum Gasteiger partial charge on any atom is 0.227 e. The zero-order chi connectivity index (χ0) is 18.1. The van der Waals surface area contributed by atoms with E-state index in [-0.39, 0.29) is 11.9 Å². The molecule has 1 saturated heterocycles. The Hall–Kier alpha value is -1.80. The molecular weight excluding hydrogens is 350 g/mol. The molecule has 1 aliphatic heterocycles. The molecule has 8 heteroatoms. The van der Waals surface area contributed by atoms with Gasteiger partial charge in [-0.1, -0.05) is 30.3 Å². The van der Waals surface area contributed by atoms with Crippen LogP contribution in [0.2, 0.25) is 0 Å². The average molecular weight is 375 g/mol. The van der Waals surface area contributed by atoms with Crippen LogP contribution in [0.4, 0.5) is 5.13 Å². The van der Waals surface area contributed by atoms with E-state index in [2.05, 4.69) is 45.5 Å². The molecule has 1 unspecified atom stereocenters. The van der Waals surface area contributed by atoms with Crippen molar-refractivity contribution in [2.45, 2.75) is 63.8 Å². The number of nitrogens with one attached hydrogen (secondary N) is 1. The molecule has 1 aliphatic carbocycles. The summed E-state index contributed by atoms with van der Waals surface area (Å²) >= 11 is 1.50. The molecule has 2 aromatic rings. The summed E-state index contributed by atoms with van der Waals surface area (Å²) in [5, 5.41) is 17.1. The second-order valence-corrected chi connectivity index (χ2v) is 8.53. The van der Waals surface area contributed by atoms with Gasteiger partial charge in [0.05, 0.1) is 6.04 Å². The zero-order valence-electron chi connectivity index (χ0n) is 15.3. The lowest BCUT2D eigenvalue weighted by molar-refractivity contribution is -0.116. The Morgan fingerprint density at radius 2 is 2.23 bits per heavy atom.